The Hall–Kier alpha value is -3.94. The number of aryl methyl sites for hydroxylation is 1. The van der Waals surface area contributed by atoms with Crippen molar-refractivity contribution in [2.24, 2.45) is 0 Å². The molecule has 0 aliphatic heterocycles. The predicted molar refractivity (Wildman–Crippen MR) is 139 cm³/mol. The third-order valence-corrected chi connectivity index (χ3v) is 6.23. The molecular weight excluding hydrogens is 475 g/mol. The summed E-state index contributed by atoms with van der Waals surface area (Å²) in [5, 5.41) is 12.2. The number of ether oxygens (including phenoxy) is 1. The van der Waals surface area contributed by atoms with Crippen molar-refractivity contribution in [3.8, 4) is 5.75 Å². The summed E-state index contributed by atoms with van der Waals surface area (Å²) in [6.45, 7) is 3.86. The molecule has 0 saturated carbocycles. The van der Waals surface area contributed by atoms with Gasteiger partial charge in [0.15, 0.2) is 11.6 Å². The molecule has 1 amide bonds. The van der Waals surface area contributed by atoms with Crippen molar-refractivity contribution in [3.63, 3.8) is 0 Å². The lowest BCUT2D eigenvalue weighted by molar-refractivity contribution is -0.138. The molecular formula is C29H33FN2O5. The highest BCUT2D eigenvalue weighted by molar-refractivity contribution is 5.81. The second-order valence-electron chi connectivity index (χ2n) is 9.13. The zero-order valence-corrected chi connectivity index (χ0v) is 21.4. The molecule has 2 aromatic carbocycles. The molecule has 2 N–H and O–H groups in total. The molecule has 2 atom stereocenters. The summed E-state index contributed by atoms with van der Waals surface area (Å²) in [5.74, 6) is -2.28. The average Bonchev–Trinajstić information content (AvgIpc) is 2.86. The standard InChI is InChI=1S/C29H33FN2O5/c1-4-5-11-25(32-18-19(2)14-22(29(32)36)15-20-9-7-6-8-10-20)28(35)31-24(17-27(33)34)21-12-13-26(37-3)23(30)16-21/h6-10,12-14,16,18,24-25H,4-5,11,15,17H2,1-3H3,(H,31,35)(H,33,34)/t24-,25-/m1/s1. The number of amides is 1. The van der Waals surface area contributed by atoms with Crippen LogP contribution in [0.5, 0.6) is 5.75 Å². The second-order valence-corrected chi connectivity index (χ2v) is 9.13. The number of carbonyl (C=O) groups excluding carboxylic acids is 1. The van der Waals surface area contributed by atoms with Crippen LogP contribution in [-0.2, 0) is 16.0 Å². The normalized spacial score (nSPS) is 12.5. The molecule has 0 aliphatic rings. The van der Waals surface area contributed by atoms with Gasteiger partial charge in [0.1, 0.15) is 6.04 Å². The molecule has 0 spiro atoms. The van der Waals surface area contributed by atoms with Crippen molar-refractivity contribution in [3.05, 3.63) is 99.2 Å². The number of rotatable bonds is 12. The number of pyridine rings is 1. The number of methoxy groups -OCH3 is 1. The Balaban J connectivity index is 1.97. The number of carboxylic acid groups (broad SMARTS) is 1. The highest BCUT2D eigenvalue weighted by atomic mass is 19.1. The van der Waals surface area contributed by atoms with Crippen LogP contribution < -0.4 is 15.6 Å². The monoisotopic (exact) mass is 508 g/mol. The number of nitrogens with one attached hydrogen (secondary N) is 1. The van der Waals surface area contributed by atoms with Crippen molar-refractivity contribution in [2.45, 2.75) is 58.0 Å². The topological polar surface area (TPSA) is 97.6 Å². The molecule has 1 aromatic heterocycles. The minimum Gasteiger partial charge on any atom is -0.494 e. The fourth-order valence-electron chi connectivity index (χ4n) is 4.38. The van der Waals surface area contributed by atoms with E-state index in [2.05, 4.69) is 5.32 Å². The maximum atomic E-state index is 14.4. The van der Waals surface area contributed by atoms with Crippen molar-refractivity contribution < 1.29 is 23.8 Å². The third kappa shape index (κ3) is 7.29. The Morgan fingerprint density at radius 2 is 1.86 bits per heavy atom. The molecule has 0 aliphatic carbocycles. The summed E-state index contributed by atoms with van der Waals surface area (Å²) in [6, 6.07) is 13.7. The number of hydrogen-bond donors (Lipinski definition) is 2. The molecule has 7 nitrogen and oxygen atoms in total. The molecule has 3 rings (SSSR count). The minimum absolute atomic E-state index is 0.0160. The number of nitrogens with zero attached hydrogens (tertiary/aromatic N) is 1. The van der Waals surface area contributed by atoms with Crippen LogP contribution >= 0.6 is 0 Å². The first-order valence-electron chi connectivity index (χ1n) is 12.3. The van der Waals surface area contributed by atoms with Crippen molar-refractivity contribution in [1.82, 2.24) is 9.88 Å². The summed E-state index contributed by atoms with van der Waals surface area (Å²) in [4.78, 5) is 38.7. The zero-order chi connectivity index (χ0) is 26.9. The van der Waals surface area contributed by atoms with Crippen LogP contribution in [0.1, 0.15) is 66.9 Å². The van der Waals surface area contributed by atoms with Gasteiger partial charge in [-0.05, 0) is 48.2 Å². The van der Waals surface area contributed by atoms with Gasteiger partial charge in [-0.25, -0.2) is 4.39 Å². The predicted octanol–water partition coefficient (Wildman–Crippen LogP) is 4.96. The molecule has 0 unspecified atom stereocenters. The third-order valence-electron chi connectivity index (χ3n) is 6.23. The maximum absolute atomic E-state index is 14.4. The summed E-state index contributed by atoms with van der Waals surface area (Å²) in [6.07, 6.45) is 3.54. The average molecular weight is 509 g/mol. The van der Waals surface area contributed by atoms with Gasteiger partial charge < -0.3 is 19.7 Å². The number of aromatic nitrogens is 1. The molecule has 0 radical (unpaired) electrons. The van der Waals surface area contributed by atoms with Gasteiger partial charge in [0, 0.05) is 18.2 Å². The largest absolute Gasteiger partial charge is 0.494 e. The Morgan fingerprint density at radius 1 is 1.14 bits per heavy atom. The second kappa shape index (κ2) is 12.9. The summed E-state index contributed by atoms with van der Waals surface area (Å²) in [5.41, 5.74) is 2.41. The van der Waals surface area contributed by atoms with Crippen molar-refractivity contribution >= 4 is 11.9 Å². The first kappa shape index (κ1) is 27.6. The van der Waals surface area contributed by atoms with E-state index < -0.39 is 36.2 Å². The highest BCUT2D eigenvalue weighted by Crippen LogP contribution is 2.25. The summed E-state index contributed by atoms with van der Waals surface area (Å²) >= 11 is 0. The van der Waals surface area contributed by atoms with E-state index in [0.717, 1.165) is 23.6 Å². The van der Waals surface area contributed by atoms with Gasteiger partial charge in [0.25, 0.3) is 5.56 Å². The van der Waals surface area contributed by atoms with E-state index in [4.69, 9.17) is 4.74 Å². The number of aliphatic carboxylic acids is 1. The Bertz CT molecular complexity index is 1290. The van der Waals surface area contributed by atoms with Gasteiger partial charge in [-0.2, -0.15) is 0 Å². The van der Waals surface area contributed by atoms with E-state index >= 15 is 0 Å². The first-order valence-corrected chi connectivity index (χ1v) is 12.3. The zero-order valence-electron chi connectivity index (χ0n) is 21.4. The van der Waals surface area contributed by atoms with E-state index in [1.165, 1.54) is 23.8 Å². The van der Waals surface area contributed by atoms with Gasteiger partial charge in [-0.15, -0.1) is 0 Å². The van der Waals surface area contributed by atoms with Crippen LogP contribution in [0.15, 0.2) is 65.6 Å². The van der Waals surface area contributed by atoms with Gasteiger partial charge >= 0.3 is 5.97 Å². The first-order chi connectivity index (χ1) is 17.7. The van der Waals surface area contributed by atoms with Crippen molar-refractivity contribution in [2.75, 3.05) is 7.11 Å². The van der Waals surface area contributed by atoms with Gasteiger partial charge in [-0.1, -0.05) is 56.2 Å². The quantitative estimate of drug-likeness (QED) is 0.360. The molecule has 3 aromatic rings. The Morgan fingerprint density at radius 3 is 2.49 bits per heavy atom. The lowest BCUT2D eigenvalue weighted by atomic mass is 10.0. The number of hydrogen-bond acceptors (Lipinski definition) is 4. The smallest absolute Gasteiger partial charge is 0.305 e. The van der Waals surface area contributed by atoms with Crippen LogP contribution in [0, 0.1) is 12.7 Å². The lowest BCUT2D eigenvalue weighted by Crippen LogP contribution is -2.40. The summed E-state index contributed by atoms with van der Waals surface area (Å²) in [7, 11) is 1.33. The molecule has 196 valence electrons. The maximum Gasteiger partial charge on any atom is 0.305 e. The molecule has 37 heavy (non-hydrogen) atoms. The Labute approximate surface area is 215 Å². The number of halogens is 1. The van der Waals surface area contributed by atoms with Crippen LogP contribution in [0.3, 0.4) is 0 Å². The number of unbranched alkanes of at least 4 members (excludes halogenated alkanes) is 1. The molecule has 0 saturated heterocycles. The van der Waals surface area contributed by atoms with Gasteiger partial charge in [-0.3, -0.25) is 14.4 Å². The highest BCUT2D eigenvalue weighted by Gasteiger charge is 2.27. The van der Waals surface area contributed by atoms with E-state index in [-0.39, 0.29) is 11.3 Å². The van der Waals surface area contributed by atoms with E-state index in [9.17, 15) is 23.9 Å². The van der Waals surface area contributed by atoms with Crippen LogP contribution in [0.2, 0.25) is 0 Å². The van der Waals surface area contributed by atoms with E-state index in [0.29, 0.717) is 30.4 Å². The number of benzene rings is 2. The van der Waals surface area contributed by atoms with Crippen molar-refractivity contribution in [1.29, 1.82) is 0 Å². The molecule has 0 fully saturated rings. The molecule has 0 bridgehead atoms. The fourth-order valence-corrected chi connectivity index (χ4v) is 4.38. The molecule has 1 heterocycles. The minimum atomic E-state index is -1.15. The Kier molecular flexibility index (Phi) is 9.60. The van der Waals surface area contributed by atoms with Gasteiger partial charge in [0.05, 0.1) is 19.6 Å². The molecule has 8 heteroatoms. The van der Waals surface area contributed by atoms with Gasteiger partial charge in [0.2, 0.25) is 5.91 Å². The fraction of sp³-hybridized carbons (Fsp3) is 0.345. The van der Waals surface area contributed by atoms with E-state index in [1.54, 1.807) is 6.20 Å². The SMILES string of the molecule is CCCC[C@H](C(=O)N[C@H](CC(=O)O)c1ccc(OC)c(F)c1)n1cc(C)cc(Cc2ccccc2)c1=O. The van der Waals surface area contributed by atoms with Crippen LogP contribution in [0.4, 0.5) is 4.39 Å². The number of carboxylic acids is 1. The lowest BCUT2D eigenvalue weighted by Gasteiger charge is -2.25. The number of carbonyl (C=O) groups is 2. The van der Waals surface area contributed by atoms with E-state index in [1.807, 2.05) is 50.2 Å². The van der Waals surface area contributed by atoms with Crippen LogP contribution in [-0.4, -0.2) is 28.7 Å². The summed E-state index contributed by atoms with van der Waals surface area (Å²) < 4.78 is 20.8. The van der Waals surface area contributed by atoms with Crippen LogP contribution in [0.25, 0.3) is 0 Å².